The van der Waals surface area contributed by atoms with Gasteiger partial charge in [0, 0.05) is 21.9 Å². The van der Waals surface area contributed by atoms with Crippen molar-refractivity contribution >= 4 is 28.5 Å². The van der Waals surface area contributed by atoms with Gasteiger partial charge in [-0.05, 0) is 67.9 Å². The quantitative estimate of drug-likeness (QED) is 0.198. The fourth-order valence-electron chi connectivity index (χ4n) is 4.04. The minimum absolute atomic E-state index is 0.0595. The third kappa shape index (κ3) is 6.92. The highest BCUT2D eigenvalue weighted by molar-refractivity contribution is 6.16. The highest BCUT2D eigenvalue weighted by atomic mass is 19.4. The first-order chi connectivity index (χ1) is 19.1. The number of ether oxygens (including phenoxy) is 3. The van der Waals surface area contributed by atoms with Crippen molar-refractivity contribution in [2.24, 2.45) is 5.41 Å². The zero-order valence-corrected chi connectivity index (χ0v) is 23.0. The molecule has 0 fully saturated rings. The van der Waals surface area contributed by atoms with E-state index >= 15 is 0 Å². The van der Waals surface area contributed by atoms with Gasteiger partial charge in [0.2, 0.25) is 5.91 Å². The molecule has 1 amide bonds. The normalized spacial score (nSPS) is 11.9. The molecule has 0 aliphatic rings. The summed E-state index contributed by atoms with van der Waals surface area (Å²) in [6.07, 6.45) is -4.90. The van der Waals surface area contributed by atoms with E-state index in [0.29, 0.717) is 27.8 Å². The molecule has 3 aromatic carbocycles. The molecule has 216 valence electrons. The second-order valence-electron chi connectivity index (χ2n) is 10.6. The molecule has 8 nitrogen and oxygen atoms in total. The van der Waals surface area contributed by atoms with Gasteiger partial charge < -0.3 is 29.6 Å². The number of fused-ring (bicyclic) bond motifs is 1. The van der Waals surface area contributed by atoms with Crippen molar-refractivity contribution in [2.75, 3.05) is 5.32 Å². The minimum Gasteiger partial charge on any atom is -0.491 e. The fourth-order valence-corrected chi connectivity index (χ4v) is 4.04. The molecule has 0 aliphatic carbocycles. The highest BCUT2D eigenvalue weighted by Gasteiger charge is 2.31. The Hall–Kier alpha value is -4.67. The lowest BCUT2D eigenvalue weighted by molar-refractivity contribution is -0.274. The number of carboxylic acids is 1. The number of anilines is 1. The van der Waals surface area contributed by atoms with Crippen LogP contribution in [0.2, 0.25) is 0 Å². The second-order valence-corrected chi connectivity index (χ2v) is 10.6. The molecule has 1 heterocycles. The maximum Gasteiger partial charge on any atom is 0.573 e. The number of hydrogen-bond acceptors (Lipinski definition) is 5. The SMILES string of the molecule is CC(C)Oc1ccc(-c2c(Oc3ccc(OC(F)(F)F)cc3)ccc3[nH]c(C(=O)O)c(NC(=O)C(C)(C)C)c23)cc1. The zero-order valence-electron chi connectivity index (χ0n) is 23.0. The van der Waals surface area contributed by atoms with Gasteiger partial charge in [0.25, 0.3) is 0 Å². The Bertz CT molecular complexity index is 1570. The molecule has 11 heteroatoms. The summed E-state index contributed by atoms with van der Waals surface area (Å²) in [5.41, 5.74) is 0.492. The zero-order chi connectivity index (χ0) is 30.1. The summed E-state index contributed by atoms with van der Waals surface area (Å²) in [4.78, 5) is 28.1. The number of hydrogen-bond donors (Lipinski definition) is 3. The predicted octanol–water partition coefficient (Wildman–Crippen LogP) is 8.00. The number of carbonyl (C=O) groups is 2. The highest BCUT2D eigenvalue weighted by Crippen LogP contribution is 2.44. The van der Waals surface area contributed by atoms with Crippen LogP contribution in [0.5, 0.6) is 23.0 Å². The number of aromatic nitrogens is 1. The Labute approximate surface area is 234 Å². The number of benzene rings is 3. The molecule has 1 aromatic heterocycles. The van der Waals surface area contributed by atoms with E-state index in [4.69, 9.17) is 9.47 Å². The van der Waals surface area contributed by atoms with Gasteiger partial charge in [-0.3, -0.25) is 4.79 Å². The van der Waals surface area contributed by atoms with E-state index < -0.39 is 29.4 Å². The summed E-state index contributed by atoms with van der Waals surface area (Å²) in [5.74, 6) is -1.01. The molecule has 3 N–H and O–H groups in total. The molecule has 0 spiro atoms. The van der Waals surface area contributed by atoms with Crippen LogP contribution in [-0.4, -0.2) is 34.4 Å². The first-order valence-corrected chi connectivity index (χ1v) is 12.7. The molecule has 0 saturated heterocycles. The number of H-pyrrole nitrogens is 1. The molecular weight excluding hydrogens is 541 g/mol. The van der Waals surface area contributed by atoms with Gasteiger partial charge >= 0.3 is 12.3 Å². The van der Waals surface area contributed by atoms with E-state index in [9.17, 15) is 27.9 Å². The summed E-state index contributed by atoms with van der Waals surface area (Å²) >= 11 is 0. The Morgan fingerprint density at radius 1 is 0.878 bits per heavy atom. The van der Waals surface area contributed by atoms with Gasteiger partial charge in [-0.25, -0.2) is 4.79 Å². The molecule has 0 saturated carbocycles. The number of aromatic carboxylic acids is 1. The van der Waals surface area contributed by atoms with E-state index in [0.717, 1.165) is 12.1 Å². The summed E-state index contributed by atoms with van der Waals surface area (Å²) < 4.78 is 53.6. The average Bonchev–Trinajstić information content (AvgIpc) is 3.22. The van der Waals surface area contributed by atoms with Crippen molar-refractivity contribution in [3.05, 3.63) is 66.4 Å². The molecule has 0 atom stereocenters. The molecule has 0 bridgehead atoms. The van der Waals surface area contributed by atoms with Crippen LogP contribution in [0.3, 0.4) is 0 Å². The maximum absolute atomic E-state index is 13.0. The third-order valence-electron chi connectivity index (χ3n) is 5.86. The number of aromatic amines is 1. The van der Waals surface area contributed by atoms with Crippen LogP contribution >= 0.6 is 0 Å². The Balaban J connectivity index is 1.90. The molecule has 0 unspecified atom stereocenters. The van der Waals surface area contributed by atoms with E-state index in [2.05, 4.69) is 15.0 Å². The lowest BCUT2D eigenvalue weighted by atomic mass is 9.94. The lowest BCUT2D eigenvalue weighted by Crippen LogP contribution is -2.28. The first-order valence-electron chi connectivity index (χ1n) is 12.7. The van der Waals surface area contributed by atoms with Crippen molar-refractivity contribution in [1.29, 1.82) is 0 Å². The van der Waals surface area contributed by atoms with Crippen LogP contribution in [0, 0.1) is 5.41 Å². The summed E-state index contributed by atoms with van der Waals surface area (Å²) in [6, 6.07) is 15.1. The van der Waals surface area contributed by atoms with E-state index in [1.54, 1.807) is 57.2 Å². The number of halogens is 3. The van der Waals surface area contributed by atoms with Crippen LogP contribution in [-0.2, 0) is 4.79 Å². The average molecular weight is 571 g/mol. The monoisotopic (exact) mass is 570 g/mol. The Morgan fingerprint density at radius 3 is 2.00 bits per heavy atom. The lowest BCUT2D eigenvalue weighted by Gasteiger charge is -2.19. The molecule has 4 aromatic rings. The van der Waals surface area contributed by atoms with Gasteiger partial charge in [-0.2, -0.15) is 0 Å². The Kier molecular flexibility index (Phi) is 7.92. The van der Waals surface area contributed by atoms with Gasteiger partial charge in [0.15, 0.2) is 0 Å². The first kappa shape index (κ1) is 29.3. The van der Waals surface area contributed by atoms with Crippen LogP contribution in [0.4, 0.5) is 18.9 Å². The number of rotatable bonds is 8. The van der Waals surface area contributed by atoms with E-state index in [1.807, 2.05) is 13.8 Å². The number of nitrogens with one attached hydrogen (secondary N) is 2. The minimum atomic E-state index is -4.84. The third-order valence-corrected chi connectivity index (χ3v) is 5.86. The number of amides is 1. The van der Waals surface area contributed by atoms with Crippen molar-refractivity contribution in [1.82, 2.24) is 4.98 Å². The Morgan fingerprint density at radius 2 is 1.46 bits per heavy atom. The van der Waals surface area contributed by atoms with Crippen LogP contribution < -0.4 is 19.5 Å². The van der Waals surface area contributed by atoms with Gasteiger partial charge in [0.1, 0.15) is 28.7 Å². The van der Waals surface area contributed by atoms with Crippen LogP contribution in [0.1, 0.15) is 45.1 Å². The molecule has 4 rings (SSSR count). The molecule has 41 heavy (non-hydrogen) atoms. The summed E-state index contributed by atoms with van der Waals surface area (Å²) in [5, 5.41) is 13.1. The second kappa shape index (κ2) is 11.1. The largest absolute Gasteiger partial charge is 0.573 e. The van der Waals surface area contributed by atoms with Crippen molar-refractivity contribution in [3.8, 4) is 34.1 Å². The van der Waals surface area contributed by atoms with Gasteiger partial charge in [-0.1, -0.05) is 32.9 Å². The molecule has 0 radical (unpaired) electrons. The van der Waals surface area contributed by atoms with Crippen molar-refractivity contribution in [2.45, 2.75) is 47.1 Å². The smallest absolute Gasteiger partial charge is 0.491 e. The van der Waals surface area contributed by atoms with E-state index in [1.165, 1.54) is 12.1 Å². The number of alkyl halides is 3. The van der Waals surface area contributed by atoms with Crippen molar-refractivity contribution in [3.63, 3.8) is 0 Å². The summed E-state index contributed by atoms with van der Waals surface area (Å²) in [7, 11) is 0. The van der Waals surface area contributed by atoms with Crippen LogP contribution in [0.25, 0.3) is 22.0 Å². The van der Waals surface area contributed by atoms with E-state index in [-0.39, 0.29) is 29.0 Å². The van der Waals surface area contributed by atoms with Crippen LogP contribution in [0.15, 0.2) is 60.7 Å². The standard InChI is InChI=1S/C30H29F3N2O6/c1-16(2)39-18-8-6-17(7-9-18)23-22(40-19-10-12-20(13-11-19)41-30(31,32)33)15-14-21-24(23)25(26(34-21)27(36)37)35-28(38)29(3,4)5/h6-16,34H,1-5H3,(H,35,38)(H,36,37). The topological polar surface area (TPSA) is 110 Å². The maximum atomic E-state index is 13.0. The molecule has 0 aliphatic heterocycles. The fraction of sp³-hybridized carbons (Fsp3) is 0.267. The van der Waals surface area contributed by atoms with Gasteiger partial charge in [0.05, 0.1) is 11.8 Å². The molecular formula is C30H29F3N2O6. The number of carbonyl (C=O) groups excluding carboxylic acids is 1. The van der Waals surface area contributed by atoms with Gasteiger partial charge in [-0.15, -0.1) is 13.2 Å². The summed E-state index contributed by atoms with van der Waals surface area (Å²) in [6.45, 7) is 8.89. The predicted molar refractivity (Wildman–Crippen MR) is 148 cm³/mol. The van der Waals surface area contributed by atoms with Crippen molar-refractivity contribution < 1.29 is 42.1 Å². The number of carboxylic acid groups (broad SMARTS) is 1.